The summed E-state index contributed by atoms with van der Waals surface area (Å²) in [5.74, 6) is -0.621. The average Bonchev–Trinajstić information content (AvgIpc) is 2.81. The lowest BCUT2D eigenvalue weighted by Gasteiger charge is -2.22. The van der Waals surface area contributed by atoms with E-state index in [4.69, 9.17) is 32.2 Å². The summed E-state index contributed by atoms with van der Waals surface area (Å²) in [4.78, 5) is 11.4. The number of methoxy groups -OCH3 is 2. The second kappa shape index (κ2) is 7.65. The third kappa shape index (κ3) is 3.53. The highest BCUT2D eigenvalue weighted by molar-refractivity contribution is 7.80. The molecule has 1 saturated heterocycles. The van der Waals surface area contributed by atoms with Crippen molar-refractivity contribution in [1.29, 1.82) is 0 Å². The Morgan fingerprint density at radius 3 is 2.45 bits per heavy atom. The van der Waals surface area contributed by atoms with Gasteiger partial charge in [-0.25, -0.2) is 0 Å². The third-order valence-electron chi connectivity index (χ3n) is 3.10. The highest BCUT2D eigenvalue weighted by Gasteiger charge is 2.47. The van der Waals surface area contributed by atoms with Gasteiger partial charge in [0.2, 0.25) is 0 Å². The number of rotatable bonds is 6. The number of nitrogens with one attached hydrogen (secondary N) is 1. The smallest absolute Gasteiger partial charge is 0.264 e. The Bertz CT molecular complexity index is 401. The minimum absolute atomic E-state index is 0.176. The molecule has 0 aliphatic carbocycles. The van der Waals surface area contributed by atoms with Crippen molar-refractivity contribution >= 4 is 23.1 Å². The number of hydrogen-bond acceptors (Lipinski definition) is 6. The summed E-state index contributed by atoms with van der Waals surface area (Å²) in [5, 5.41) is 12.0. The molecule has 4 unspecified atom stereocenters. The van der Waals surface area contributed by atoms with Crippen molar-refractivity contribution in [2.75, 3.05) is 20.8 Å². The number of primary amides is 1. The third-order valence-corrected chi connectivity index (χ3v) is 3.44. The first-order valence-corrected chi connectivity index (χ1v) is 6.49. The highest BCUT2D eigenvalue weighted by Crippen LogP contribution is 2.26. The fourth-order valence-corrected chi connectivity index (χ4v) is 2.41. The Morgan fingerprint density at radius 1 is 1.45 bits per heavy atom. The van der Waals surface area contributed by atoms with Crippen LogP contribution in [0.1, 0.15) is 6.92 Å². The molecule has 1 aliphatic rings. The van der Waals surface area contributed by atoms with Crippen molar-refractivity contribution in [2.24, 2.45) is 5.73 Å². The van der Waals surface area contributed by atoms with E-state index < -0.39 is 30.3 Å². The van der Waals surface area contributed by atoms with Crippen molar-refractivity contribution in [3.05, 3.63) is 11.8 Å². The van der Waals surface area contributed by atoms with Crippen LogP contribution in [0.2, 0.25) is 0 Å². The average molecular weight is 304 g/mol. The van der Waals surface area contributed by atoms with Crippen LogP contribution in [0, 0.1) is 0 Å². The molecule has 1 rings (SSSR count). The number of amides is 1. The number of aliphatic hydroxyl groups is 1. The van der Waals surface area contributed by atoms with Crippen molar-refractivity contribution in [3.8, 4) is 0 Å². The molecule has 20 heavy (non-hydrogen) atoms. The predicted molar refractivity (Wildman–Crippen MR) is 76.0 cm³/mol. The quantitative estimate of drug-likeness (QED) is 0.431. The van der Waals surface area contributed by atoms with Gasteiger partial charge in [-0.15, -0.1) is 0 Å². The number of hydrogen-bond donors (Lipinski definition) is 3. The Hall–Kier alpha value is -1.06. The molecule has 0 bridgehead atoms. The maximum atomic E-state index is 11.2. The van der Waals surface area contributed by atoms with E-state index in [1.54, 1.807) is 6.92 Å². The topological polar surface area (TPSA) is 103 Å². The second-order valence-electron chi connectivity index (χ2n) is 4.23. The van der Waals surface area contributed by atoms with Gasteiger partial charge in [0.05, 0.1) is 6.61 Å². The number of aliphatic hydroxyl groups excluding tert-OH is 1. The van der Waals surface area contributed by atoms with Gasteiger partial charge in [-0.05, 0) is 6.92 Å². The van der Waals surface area contributed by atoms with Gasteiger partial charge in [0.1, 0.15) is 35.1 Å². The van der Waals surface area contributed by atoms with Gasteiger partial charge >= 0.3 is 0 Å². The van der Waals surface area contributed by atoms with Crippen molar-refractivity contribution < 1.29 is 24.1 Å². The van der Waals surface area contributed by atoms with E-state index in [9.17, 15) is 9.90 Å². The lowest BCUT2D eigenvalue weighted by Crippen LogP contribution is -2.44. The second-order valence-corrected chi connectivity index (χ2v) is 4.67. The Balaban J connectivity index is 2.84. The zero-order valence-corrected chi connectivity index (χ0v) is 12.5. The molecule has 8 heteroatoms. The van der Waals surface area contributed by atoms with E-state index in [-0.39, 0.29) is 17.3 Å². The molecule has 0 aromatic carbocycles. The van der Waals surface area contributed by atoms with Crippen molar-refractivity contribution in [2.45, 2.75) is 31.3 Å². The first-order chi connectivity index (χ1) is 9.49. The van der Waals surface area contributed by atoms with E-state index in [0.29, 0.717) is 0 Å². The van der Waals surface area contributed by atoms with E-state index in [1.165, 1.54) is 20.3 Å². The molecule has 1 fully saturated rings. The summed E-state index contributed by atoms with van der Waals surface area (Å²) < 4.78 is 16.2. The van der Waals surface area contributed by atoms with E-state index >= 15 is 0 Å². The van der Waals surface area contributed by atoms with Gasteiger partial charge in [0.25, 0.3) is 5.91 Å². The van der Waals surface area contributed by atoms with Crippen LogP contribution >= 0.6 is 12.2 Å². The van der Waals surface area contributed by atoms with Crippen LogP contribution in [0.4, 0.5) is 0 Å². The fraction of sp³-hybridized carbons (Fsp3) is 0.667. The Kier molecular flexibility index (Phi) is 6.50. The summed E-state index contributed by atoms with van der Waals surface area (Å²) in [5.41, 5.74) is 5.38. The molecule has 1 heterocycles. The molecular weight excluding hydrogens is 284 g/mol. The largest absolute Gasteiger partial charge is 0.394 e. The molecule has 114 valence electrons. The number of allylic oxidation sites excluding steroid dienone is 1. The lowest BCUT2D eigenvalue weighted by atomic mass is 10.1. The van der Waals surface area contributed by atoms with E-state index in [0.717, 1.165) is 0 Å². The number of carbonyl (C=O) groups is 1. The summed E-state index contributed by atoms with van der Waals surface area (Å²) in [7, 11) is 3.00. The van der Waals surface area contributed by atoms with Crippen molar-refractivity contribution in [1.82, 2.24) is 5.32 Å². The molecule has 0 aromatic rings. The van der Waals surface area contributed by atoms with Gasteiger partial charge in [0, 0.05) is 14.2 Å². The zero-order valence-electron chi connectivity index (χ0n) is 11.7. The predicted octanol–water partition coefficient (Wildman–Crippen LogP) is -0.918. The molecule has 7 nitrogen and oxygen atoms in total. The highest BCUT2D eigenvalue weighted by atomic mass is 32.1. The maximum absolute atomic E-state index is 11.2. The standard InChI is InChI=1S/C12H20N2O5S/c1-4-6(11(13)16)14-12(20)10-9(18-3)8(17-2)7(5-15)19-10/h4,7-10,15H,5H2,1-3H3,(H2,13,16)(H,14,20)/b6-4-. The summed E-state index contributed by atoms with van der Waals surface area (Å²) in [6.45, 7) is 1.44. The molecule has 0 aromatic heterocycles. The summed E-state index contributed by atoms with van der Waals surface area (Å²) in [6, 6.07) is 0. The minimum atomic E-state index is -0.633. The monoisotopic (exact) mass is 304 g/mol. The number of thiocarbonyl (C=S) groups is 1. The first kappa shape index (κ1) is 17.0. The summed E-state index contributed by atoms with van der Waals surface area (Å²) in [6.07, 6.45) is -0.591. The maximum Gasteiger partial charge on any atom is 0.264 e. The van der Waals surface area contributed by atoms with Crippen LogP contribution in [0.3, 0.4) is 0 Å². The SMILES string of the molecule is C/C=C(\NC(=S)C1OC(CO)C(OC)C1OC)C(N)=O. The van der Waals surface area contributed by atoms with Crippen LogP contribution in [-0.4, -0.2) is 61.2 Å². The van der Waals surface area contributed by atoms with Gasteiger partial charge in [-0.2, -0.15) is 0 Å². The molecule has 0 saturated carbocycles. The van der Waals surface area contributed by atoms with E-state index in [1.807, 2.05) is 0 Å². The van der Waals surface area contributed by atoms with Crippen LogP contribution in [0.5, 0.6) is 0 Å². The lowest BCUT2D eigenvalue weighted by molar-refractivity contribution is -0.114. The van der Waals surface area contributed by atoms with Gasteiger partial charge < -0.3 is 30.4 Å². The molecule has 4 atom stereocenters. The Morgan fingerprint density at radius 2 is 2.05 bits per heavy atom. The van der Waals surface area contributed by atoms with Crippen LogP contribution < -0.4 is 11.1 Å². The molecule has 0 spiro atoms. The zero-order chi connectivity index (χ0) is 15.3. The number of carbonyl (C=O) groups excluding carboxylic acids is 1. The normalized spacial score (nSPS) is 30.3. The number of ether oxygens (including phenoxy) is 3. The van der Waals surface area contributed by atoms with Gasteiger partial charge in [0.15, 0.2) is 0 Å². The number of nitrogens with two attached hydrogens (primary N) is 1. The molecule has 1 aliphatic heterocycles. The summed E-state index contributed by atoms with van der Waals surface area (Å²) >= 11 is 5.22. The van der Waals surface area contributed by atoms with Crippen LogP contribution in [0.15, 0.2) is 11.8 Å². The fourth-order valence-electron chi connectivity index (χ4n) is 2.11. The van der Waals surface area contributed by atoms with E-state index in [2.05, 4.69) is 5.32 Å². The molecule has 4 N–H and O–H groups in total. The molecule has 0 radical (unpaired) electrons. The van der Waals surface area contributed by atoms with Crippen molar-refractivity contribution in [3.63, 3.8) is 0 Å². The molecular formula is C12H20N2O5S. The minimum Gasteiger partial charge on any atom is -0.394 e. The van der Waals surface area contributed by atoms with Gasteiger partial charge in [-0.3, -0.25) is 4.79 Å². The van der Waals surface area contributed by atoms with Crippen LogP contribution in [-0.2, 0) is 19.0 Å². The Labute approximate surface area is 123 Å². The van der Waals surface area contributed by atoms with Crippen LogP contribution in [0.25, 0.3) is 0 Å². The molecule has 1 amide bonds. The van der Waals surface area contributed by atoms with Gasteiger partial charge in [-0.1, -0.05) is 18.3 Å². The first-order valence-electron chi connectivity index (χ1n) is 6.09.